The highest BCUT2D eigenvalue weighted by atomic mass is 16.3. The number of carbonyl (C=O) groups is 1. The normalized spacial score (nSPS) is 17.7. The Labute approximate surface area is 166 Å². The number of nitrogens with zero attached hydrogens (tertiary/aromatic N) is 1. The zero-order chi connectivity index (χ0) is 20.3. The molecule has 0 bridgehead atoms. The van der Waals surface area contributed by atoms with Crippen molar-refractivity contribution in [3.05, 3.63) is 70.2 Å². The molecule has 2 heterocycles. The summed E-state index contributed by atoms with van der Waals surface area (Å²) in [6, 6.07) is 11.6. The van der Waals surface area contributed by atoms with Gasteiger partial charge in [-0.3, -0.25) is 4.79 Å². The Morgan fingerprint density at radius 2 is 1.96 bits per heavy atom. The van der Waals surface area contributed by atoms with Crippen LogP contribution in [0.1, 0.15) is 47.7 Å². The minimum atomic E-state index is -0.260. The second-order valence-electron chi connectivity index (χ2n) is 7.92. The summed E-state index contributed by atoms with van der Waals surface area (Å²) in [5.74, 6) is 7.71. The van der Waals surface area contributed by atoms with Gasteiger partial charge in [-0.25, -0.2) is 0 Å². The summed E-state index contributed by atoms with van der Waals surface area (Å²) in [5, 5.41) is 9.93. The number of benzene rings is 1. The molecule has 1 aromatic heterocycles. The van der Waals surface area contributed by atoms with E-state index in [9.17, 15) is 9.90 Å². The number of likely N-dealkylation sites (tertiary alicyclic amines) is 1. The molecule has 0 saturated carbocycles. The van der Waals surface area contributed by atoms with Gasteiger partial charge in [-0.2, -0.15) is 0 Å². The Morgan fingerprint density at radius 3 is 2.54 bits per heavy atom. The molecule has 4 nitrogen and oxygen atoms in total. The molecule has 1 amide bonds. The molecule has 1 aliphatic rings. The molecule has 0 unspecified atom stereocenters. The van der Waals surface area contributed by atoms with Gasteiger partial charge < -0.3 is 14.4 Å². The van der Waals surface area contributed by atoms with Crippen molar-refractivity contribution in [1.82, 2.24) is 4.90 Å². The molecule has 1 saturated heterocycles. The molecule has 0 atom stereocenters. The van der Waals surface area contributed by atoms with Crippen molar-refractivity contribution in [2.45, 2.75) is 34.1 Å². The molecular formula is C24H27NO3. The quantitative estimate of drug-likeness (QED) is 0.802. The molecule has 3 rings (SSSR count). The number of furan rings is 1. The van der Waals surface area contributed by atoms with Gasteiger partial charge in [0, 0.05) is 29.6 Å². The van der Waals surface area contributed by atoms with Crippen molar-refractivity contribution in [3.8, 4) is 11.8 Å². The fourth-order valence-electron chi connectivity index (χ4n) is 3.86. The van der Waals surface area contributed by atoms with Gasteiger partial charge in [0.05, 0.1) is 12.2 Å². The summed E-state index contributed by atoms with van der Waals surface area (Å²) >= 11 is 0. The number of rotatable bonds is 2. The minimum absolute atomic E-state index is 0.00222. The standard InChI is InChI=1S/C24H27NO3/c1-17-14-21(18(2)28-17)23(27)25-13-12-22(24(3,4)16-25)20(15-26)11-10-19-8-6-5-7-9-19/h5-9,14,26H,12-13,15-16H2,1-4H3/b22-20+. The summed E-state index contributed by atoms with van der Waals surface area (Å²) in [6.45, 7) is 8.99. The fraction of sp³-hybridized carbons (Fsp3) is 0.375. The van der Waals surface area contributed by atoms with Crippen molar-refractivity contribution in [2.24, 2.45) is 5.41 Å². The van der Waals surface area contributed by atoms with Crippen molar-refractivity contribution >= 4 is 5.91 Å². The number of amides is 1. The summed E-state index contributed by atoms with van der Waals surface area (Å²) in [7, 11) is 0. The van der Waals surface area contributed by atoms with E-state index >= 15 is 0 Å². The molecule has 0 radical (unpaired) electrons. The number of carbonyl (C=O) groups excluding carboxylic acids is 1. The predicted molar refractivity (Wildman–Crippen MR) is 110 cm³/mol. The van der Waals surface area contributed by atoms with Crippen molar-refractivity contribution < 1.29 is 14.3 Å². The predicted octanol–water partition coefficient (Wildman–Crippen LogP) is 4.11. The molecule has 146 valence electrons. The Kier molecular flexibility index (Phi) is 5.76. The van der Waals surface area contributed by atoms with Crippen LogP contribution < -0.4 is 0 Å². The Balaban J connectivity index is 1.84. The van der Waals surface area contributed by atoms with E-state index < -0.39 is 0 Å². The number of piperidine rings is 1. The van der Waals surface area contributed by atoms with Crippen LogP contribution in [0.3, 0.4) is 0 Å². The van der Waals surface area contributed by atoms with E-state index in [1.54, 1.807) is 6.07 Å². The van der Waals surface area contributed by atoms with Crippen LogP contribution in [0.15, 0.2) is 52.0 Å². The summed E-state index contributed by atoms with van der Waals surface area (Å²) in [5.41, 5.74) is 3.18. The van der Waals surface area contributed by atoms with Gasteiger partial charge in [0.25, 0.3) is 5.91 Å². The summed E-state index contributed by atoms with van der Waals surface area (Å²) < 4.78 is 5.52. The van der Waals surface area contributed by atoms with Gasteiger partial charge in [-0.15, -0.1) is 0 Å². The largest absolute Gasteiger partial charge is 0.466 e. The van der Waals surface area contributed by atoms with Crippen LogP contribution in [-0.2, 0) is 0 Å². The molecule has 28 heavy (non-hydrogen) atoms. The third-order valence-corrected chi connectivity index (χ3v) is 5.25. The van der Waals surface area contributed by atoms with Gasteiger partial charge in [0.15, 0.2) is 0 Å². The van der Waals surface area contributed by atoms with E-state index in [2.05, 4.69) is 25.7 Å². The molecule has 2 aromatic rings. The number of hydrogen-bond acceptors (Lipinski definition) is 3. The average molecular weight is 377 g/mol. The van der Waals surface area contributed by atoms with E-state index in [0.717, 1.165) is 22.5 Å². The van der Waals surface area contributed by atoms with Crippen LogP contribution in [0, 0.1) is 31.1 Å². The monoisotopic (exact) mass is 377 g/mol. The van der Waals surface area contributed by atoms with E-state index in [0.29, 0.717) is 30.8 Å². The first-order valence-corrected chi connectivity index (χ1v) is 9.58. The molecule has 1 aliphatic heterocycles. The fourth-order valence-corrected chi connectivity index (χ4v) is 3.86. The van der Waals surface area contributed by atoms with Gasteiger partial charge in [-0.05, 0) is 44.0 Å². The van der Waals surface area contributed by atoms with Crippen LogP contribution in [0.25, 0.3) is 0 Å². The highest BCUT2D eigenvalue weighted by molar-refractivity contribution is 5.95. The van der Waals surface area contributed by atoms with Crippen molar-refractivity contribution in [2.75, 3.05) is 19.7 Å². The van der Waals surface area contributed by atoms with Gasteiger partial charge >= 0.3 is 0 Å². The summed E-state index contributed by atoms with van der Waals surface area (Å²) in [4.78, 5) is 14.8. The maximum atomic E-state index is 13.0. The lowest BCUT2D eigenvalue weighted by molar-refractivity contribution is 0.0659. The van der Waals surface area contributed by atoms with Crippen LogP contribution in [0.2, 0.25) is 0 Å². The van der Waals surface area contributed by atoms with Crippen LogP contribution in [-0.4, -0.2) is 35.6 Å². The van der Waals surface area contributed by atoms with E-state index in [4.69, 9.17) is 4.42 Å². The number of aryl methyl sites for hydroxylation is 2. The van der Waals surface area contributed by atoms with E-state index in [1.807, 2.05) is 49.1 Å². The molecule has 0 aliphatic carbocycles. The Hall–Kier alpha value is -2.77. The van der Waals surface area contributed by atoms with Gasteiger partial charge in [-0.1, -0.05) is 43.9 Å². The third-order valence-electron chi connectivity index (χ3n) is 5.25. The van der Waals surface area contributed by atoms with Crippen LogP contribution in [0.5, 0.6) is 0 Å². The maximum Gasteiger partial charge on any atom is 0.257 e. The average Bonchev–Trinajstić information content (AvgIpc) is 3.01. The van der Waals surface area contributed by atoms with Gasteiger partial charge in [0.1, 0.15) is 11.5 Å². The highest BCUT2D eigenvalue weighted by Crippen LogP contribution is 2.37. The number of hydrogen-bond donors (Lipinski definition) is 1. The zero-order valence-electron chi connectivity index (χ0n) is 17.0. The molecule has 1 N–H and O–H groups in total. The lowest BCUT2D eigenvalue weighted by atomic mass is 9.76. The van der Waals surface area contributed by atoms with E-state index in [-0.39, 0.29) is 17.9 Å². The minimum Gasteiger partial charge on any atom is -0.466 e. The zero-order valence-corrected chi connectivity index (χ0v) is 17.0. The molecule has 0 spiro atoms. The third kappa shape index (κ3) is 4.21. The van der Waals surface area contributed by atoms with Crippen molar-refractivity contribution in [1.29, 1.82) is 0 Å². The van der Waals surface area contributed by atoms with Crippen LogP contribution in [0.4, 0.5) is 0 Å². The second kappa shape index (κ2) is 8.08. The second-order valence-corrected chi connectivity index (χ2v) is 7.92. The summed E-state index contributed by atoms with van der Waals surface area (Å²) in [6.07, 6.45) is 0.702. The highest BCUT2D eigenvalue weighted by Gasteiger charge is 2.35. The van der Waals surface area contributed by atoms with Crippen LogP contribution >= 0.6 is 0 Å². The maximum absolute atomic E-state index is 13.0. The number of aliphatic hydroxyl groups is 1. The lowest BCUT2D eigenvalue weighted by Gasteiger charge is -2.41. The van der Waals surface area contributed by atoms with E-state index in [1.165, 1.54) is 0 Å². The Bertz CT molecular complexity index is 955. The molecule has 1 fully saturated rings. The van der Waals surface area contributed by atoms with Gasteiger partial charge in [0.2, 0.25) is 0 Å². The Morgan fingerprint density at radius 1 is 1.25 bits per heavy atom. The first-order chi connectivity index (χ1) is 13.3. The molecule has 4 heteroatoms. The number of aliphatic hydroxyl groups excluding tert-OH is 1. The SMILES string of the molecule is Cc1cc(C(=O)N2CC/C(=C(/C#Cc3ccccc3)CO)C(C)(C)C2)c(C)o1. The first kappa shape index (κ1) is 20.0. The smallest absolute Gasteiger partial charge is 0.257 e. The first-order valence-electron chi connectivity index (χ1n) is 9.58. The molecular weight excluding hydrogens is 350 g/mol. The molecule has 1 aromatic carbocycles. The van der Waals surface area contributed by atoms with Crippen molar-refractivity contribution in [3.63, 3.8) is 0 Å². The topological polar surface area (TPSA) is 53.7 Å². The lowest BCUT2D eigenvalue weighted by Crippen LogP contribution is -2.45.